The van der Waals surface area contributed by atoms with Gasteiger partial charge in [-0.05, 0) is 12.1 Å². The minimum atomic E-state index is -0.974. The predicted molar refractivity (Wildman–Crippen MR) is 78.7 cm³/mol. The Kier molecular flexibility index (Phi) is 5.71. The number of nitro benzene ring substituents is 1. The van der Waals surface area contributed by atoms with Gasteiger partial charge in [-0.15, -0.1) is 11.8 Å². The van der Waals surface area contributed by atoms with Crippen molar-refractivity contribution >= 4 is 29.3 Å². The molecule has 0 fully saturated rings. The molecule has 0 radical (unpaired) electrons. The van der Waals surface area contributed by atoms with E-state index < -0.39 is 10.9 Å². The van der Waals surface area contributed by atoms with Crippen LogP contribution in [0.1, 0.15) is 23.7 Å². The zero-order valence-corrected chi connectivity index (χ0v) is 12.7. The summed E-state index contributed by atoms with van der Waals surface area (Å²) in [6, 6.07) is 4.10. The average molecular weight is 312 g/mol. The van der Waals surface area contributed by atoms with Gasteiger partial charge in [0, 0.05) is 31.0 Å². The van der Waals surface area contributed by atoms with E-state index in [2.05, 4.69) is 0 Å². The monoisotopic (exact) mass is 312 g/mol. The van der Waals surface area contributed by atoms with Crippen LogP contribution in [0, 0.1) is 10.1 Å². The quantitative estimate of drug-likeness (QED) is 0.491. The van der Waals surface area contributed by atoms with Crippen LogP contribution in [0.25, 0.3) is 0 Å². The number of aliphatic carboxylic acids is 1. The van der Waals surface area contributed by atoms with Crippen molar-refractivity contribution in [3.8, 4) is 0 Å². The molecule has 0 bridgehead atoms. The standard InChI is InChI=1S/C13H16N2O5S/c1-8(6-12(16)17)21-11-7-9(13(18)14(2)3)4-5-10(11)15(19)20/h4-5,7-8H,6H2,1-3H3,(H,16,17). The maximum absolute atomic E-state index is 11.9. The fourth-order valence-electron chi connectivity index (χ4n) is 1.65. The van der Waals surface area contributed by atoms with Gasteiger partial charge in [0.2, 0.25) is 0 Å². The van der Waals surface area contributed by atoms with Gasteiger partial charge >= 0.3 is 5.97 Å². The van der Waals surface area contributed by atoms with Crippen molar-refractivity contribution in [2.75, 3.05) is 14.1 Å². The summed E-state index contributed by atoms with van der Waals surface area (Å²) >= 11 is 1.08. The molecule has 1 amide bonds. The highest BCUT2D eigenvalue weighted by Gasteiger charge is 2.20. The van der Waals surface area contributed by atoms with Gasteiger partial charge in [-0.25, -0.2) is 0 Å². The Hall–Kier alpha value is -2.09. The number of thioether (sulfide) groups is 1. The number of carbonyl (C=O) groups excluding carboxylic acids is 1. The largest absolute Gasteiger partial charge is 0.481 e. The van der Waals surface area contributed by atoms with Gasteiger partial charge in [0.15, 0.2) is 0 Å². The molecule has 0 aliphatic rings. The highest BCUT2D eigenvalue weighted by Crippen LogP contribution is 2.34. The third-order valence-electron chi connectivity index (χ3n) is 2.60. The van der Waals surface area contributed by atoms with E-state index >= 15 is 0 Å². The Morgan fingerprint density at radius 2 is 2.05 bits per heavy atom. The van der Waals surface area contributed by atoms with E-state index in [9.17, 15) is 19.7 Å². The highest BCUT2D eigenvalue weighted by atomic mass is 32.2. The summed E-state index contributed by atoms with van der Waals surface area (Å²) in [4.78, 5) is 34.7. The molecule has 0 saturated heterocycles. The number of amides is 1. The smallest absolute Gasteiger partial charge is 0.304 e. The number of nitro groups is 1. The minimum Gasteiger partial charge on any atom is -0.481 e. The molecule has 0 aliphatic carbocycles. The van der Waals surface area contributed by atoms with Crippen LogP contribution in [0.4, 0.5) is 5.69 Å². The van der Waals surface area contributed by atoms with E-state index in [-0.39, 0.29) is 23.3 Å². The van der Waals surface area contributed by atoms with Gasteiger partial charge in [-0.3, -0.25) is 19.7 Å². The lowest BCUT2D eigenvalue weighted by Crippen LogP contribution is -2.21. The third kappa shape index (κ3) is 4.75. The highest BCUT2D eigenvalue weighted by molar-refractivity contribution is 8.00. The van der Waals surface area contributed by atoms with Crippen molar-refractivity contribution in [3.63, 3.8) is 0 Å². The summed E-state index contributed by atoms with van der Waals surface area (Å²) < 4.78 is 0. The normalized spacial score (nSPS) is 11.8. The first-order valence-electron chi connectivity index (χ1n) is 6.11. The summed E-state index contributed by atoms with van der Waals surface area (Å²) in [7, 11) is 3.17. The van der Waals surface area contributed by atoms with Gasteiger partial charge in [-0.1, -0.05) is 6.92 Å². The molecule has 1 rings (SSSR count). The molecule has 7 nitrogen and oxygen atoms in total. The molecule has 21 heavy (non-hydrogen) atoms. The fraction of sp³-hybridized carbons (Fsp3) is 0.385. The minimum absolute atomic E-state index is 0.117. The number of rotatable bonds is 6. The maximum Gasteiger partial charge on any atom is 0.304 e. The maximum atomic E-state index is 11.9. The van der Waals surface area contributed by atoms with Crippen LogP contribution in [-0.2, 0) is 4.79 Å². The Labute approximate surface area is 126 Å². The molecule has 114 valence electrons. The van der Waals surface area contributed by atoms with E-state index in [1.165, 1.54) is 23.1 Å². The summed E-state index contributed by atoms with van der Waals surface area (Å²) in [6.45, 7) is 1.67. The molecule has 1 unspecified atom stereocenters. The van der Waals surface area contributed by atoms with Crippen LogP contribution in [0.15, 0.2) is 23.1 Å². The van der Waals surface area contributed by atoms with Crippen molar-refractivity contribution < 1.29 is 19.6 Å². The Morgan fingerprint density at radius 1 is 1.43 bits per heavy atom. The van der Waals surface area contributed by atoms with E-state index in [1.54, 1.807) is 21.0 Å². The number of nitrogens with zero attached hydrogens (tertiary/aromatic N) is 2. The molecule has 1 aromatic rings. The second kappa shape index (κ2) is 7.07. The summed E-state index contributed by atoms with van der Waals surface area (Å²) in [5, 5.41) is 19.4. The van der Waals surface area contributed by atoms with Gasteiger partial charge < -0.3 is 10.0 Å². The molecule has 1 atom stereocenters. The Morgan fingerprint density at radius 3 is 2.52 bits per heavy atom. The number of carbonyl (C=O) groups is 2. The lowest BCUT2D eigenvalue weighted by Gasteiger charge is -2.13. The van der Waals surface area contributed by atoms with Gasteiger partial charge in [0.25, 0.3) is 11.6 Å². The molecule has 0 aliphatic heterocycles. The number of hydrogen-bond donors (Lipinski definition) is 1. The molecule has 1 aromatic carbocycles. The second-order valence-corrected chi connectivity index (χ2v) is 6.15. The van der Waals surface area contributed by atoms with Crippen molar-refractivity contribution in [1.29, 1.82) is 0 Å². The first-order chi connectivity index (χ1) is 9.72. The number of carboxylic acid groups (broad SMARTS) is 1. The van der Waals surface area contributed by atoms with E-state index in [1.807, 2.05) is 0 Å². The van der Waals surface area contributed by atoms with E-state index in [4.69, 9.17) is 5.11 Å². The van der Waals surface area contributed by atoms with Crippen LogP contribution in [0.2, 0.25) is 0 Å². The van der Waals surface area contributed by atoms with E-state index in [0.717, 1.165) is 11.8 Å². The van der Waals surface area contributed by atoms with Crippen LogP contribution >= 0.6 is 11.8 Å². The van der Waals surface area contributed by atoms with Gasteiger partial charge in [0.1, 0.15) is 0 Å². The summed E-state index contributed by atoms with van der Waals surface area (Å²) in [5.74, 6) is -1.24. The first-order valence-corrected chi connectivity index (χ1v) is 6.99. The molecule has 0 saturated carbocycles. The average Bonchev–Trinajstić information content (AvgIpc) is 2.36. The molecule has 1 N–H and O–H groups in total. The molecule has 8 heteroatoms. The lowest BCUT2D eigenvalue weighted by atomic mass is 10.2. The Balaban J connectivity index is 3.12. The molecular weight excluding hydrogens is 296 g/mol. The Bertz CT molecular complexity index is 574. The van der Waals surface area contributed by atoms with Crippen molar-refractivity contribution in [1.82, 2.24) is 4.90 Å². The van der Waals surface area contributed by atoms with Crippen LogP contribution in [-0.4, -0.2) is 46.2 Å². The lowest BCUT2D eigenvalue weighted by molar-refractivity contribution is -0.387. The van der Waals surface area contributed by atoms with Gasteiger partial charge in [0.05, 0.1) is 16.2 Å². The predicted octanol–water partition coefficient (Wildman–Crippen LogP) is 2.25. The van der Waals surface area contributed by atoms with Crippen molar-refractivity contribution in [2.45, 2.75) is 23.5 Å². The summed E-state index contributed by atoms with van der Waals surface area (Å²) in [6.07, 6.45) is -0.117. The summed E-state index contributed by atoms with van der Waals surface area (Å²) in [5.41, 5.74) is 0.197. The molecule has 0 heterocycles. The fourth-order valence-corrected chi connectivity index (χ4v) is 2.77. The number of benzene rings is 1. The second-order valence-electron chi connectivity index (χ2n) is 4.67. The van der Waals surface area contributed by atoms with Crippen LogP contribution in [0.5, 0.6) is 0 Å². The van der Waals surface area contributed by atoms with Crippen molar-refractivity contribution in [2.24, 2.45) is 0 Å². The van der Waals surface area contributed by atoms with Gasteiger partial charge in [-0.2, -0.15) is 0 Å². The number of hydrogen-bond acceptors (Lipinski definition) is 5. The van der Waals surface area contributed by atoms with E-state index in [0.29, 0.717) is 10.5 Å². The van der Waals surface area contributed by atoms with Crippen LogP contribution < -0.4 is 0 Å². The molecular formula is C13H16N2O5S. The number of carboxylic acids is 1. The molecule has 0 aromatic heterocycles. The zero-order chi connectivity index (χ0) is 16.2. The van der Waals surface area contributed by atoms with Crippen LogP contribution in [0.3, 0.4) is 0 Å². The topological polar surface area (TPSA) is 101 Å². The zero-order valence-electron chi connectivity index (χ0n) is 11.9. The molecule has 0 spiro atoms. The first kappa shape index (κ1) is 17.0. The SMILES string of the molecule is CC(CC(=O)O)Sc1cc(C(=O)N(C)C)ccc1[N+](=O)[O-]. The van der Waals surface area contributed by atoms with Crippen molar-refractivity contribution in [3.05, 3.63) is 33.9 Å². The third-order valence-corrected chi connectivity index (χ3v) is 3.75.